The minimum atomic E-state index is -0.375. The summed E-state index contributed by atoms with van der Waals surface area (Å²) in [5, 5.41) is 0. The van der Waals surface area contributed by atoms with Gasteiger partial charge in [-0.25, -0.2) is 0 Å². The van der Waals surface area contributed by atoms with Gasteiger partial charge in [0, 0.05) is 16.8 Å². The summed E-state index contributed by atoms with van der Waals surface area (Å²) in [7, 11) is 0. The fraction of sp³-hybridized carbons (Fsp3) is 0.235. The zero-order valence-electron chi connectivity index (χ0n) is 11.4. The molecule has 2 aliphatic rings. The van der Waals surface area contributed by atoms with Gasteiger partial charge in [0.2, 0.25) is 0 Å². The highest BCUT2D eigenvalue weighted by molar-refractivity contribution is 6.10. The zero-order chi connectivity index (χ0) is 14.2. The number of amides is 1. The standard InChI is InChI=1S/C17H15NO3/c19-16-14-8-4-5-9-15(14)17(21-11-13-10-20-13)18(16)12-6-2-1-3-7-12/h1-9,13,17H,10-11H2/t13-,17-/m1/s1. The predicted octanol–water partition coefficient (Wildman–Crippen LogP) is 2.76. The lowest BCUT2D eigenvalue weighted by molar-refractivity contribution is 0.0428. The number of hydrogen-bond donors (Lipinski definition) is 0. The molecule has 0 bridgehead atoms. The maximum atomic E-state index is 12.7. The number of epoxide rings is 1. The van der Waals surface area contributed by atoms with Crippen molar-refractivity contribution in [1.82, 2.24) is 0 Å². The van der Waals surface area contributed by atoms with Gasteiger partial charge in [0.25, 0.3) is 5.91 Å². The van der Waals surface area contributed by atoms with Crippen LogP contribution >= 0.6 is 0 Å². The summed E-state index contributed by atoms with van der Waals surface area (Å²) >= 11 is 0. The van der Waals surface area contributed by atoms with Gasteiger partial charge in [-0.15, -0.1) is 0 Å². The van der Waals surface area contributed by atoms with Crippen molar-refractivity contribution in [2.75, 3.05) is 18.1 Å². The summed E-state index contributed by atoms with van der Waals surface area (Å²) in [6, 6.07) is 17.3. The molecule has 0 radical (unpaired) electrons. The van der Waals surface area contributed by atoms with Crippen molar-refractivity contribution in [1.29, 1.82) is 0 Å². The van der Waals surface area contributed by atoms with Crippen LogP contribution in [0.4, 0.5) is 5.69 Å². The number of benzene rings is 2. The minimum absolute atomic E-state index is 0.0153. The predicted molar refractivity (Wildman–Crippen MR) is 78.1 cm³/mol. The van der Waals surface area contributed by atoms with Crippen LogP contribution in [0.5, 0.6) is 0 Å². The number of fused-ring (bicyclic) bond motifs is 1. The Hall–Kier alpha value is -2.17. The quantitative estimate of drug-likeness (QED) is 0.809. The molecule has 2 aromatic rings. The van der Waals surface area contributed by atoms with Crippen LogP contribution in [0.15, 0.2) is 54.6 Å². The van der Waals surface area contributed by atoms with E-state index in [-0.39, 0.29) is 18.2 Å². The van der Waals surface area contributed by atoms with Crippen molar-refractivity contribution in [3.63, 3.8) is 0 Å². The molecule has 1 saturated heterocycles. The van der Waals surface area contributed by atoms with Gasteiger partial charge in [0.1, 0.15) is 6.10 Å². The number of carbonyl (C=O) groups is 1. The highest BCUT2D eigenvalue weighted by Crippen LogP contribution is 2.38. The number of anilines is 1. The average Bonchev–Trinajstić information content (AvgIpc) is 3.32. The second-order valence-electron chi connectivity index (χ2n) is 5.24. The molecule has 2 heterocycles. The minimum Gasteiger partial charge on any atom is -0.371 e. The van der Waals surface area contributed by atoms with Crippen LogP contribution < -0.4 is 4.90 Å². The van der Waals surface area contributed by atoms with E-state index in [9.17, 15) is 4.79 Å². The molecule has 4 nitrogen and oxygen atoms in total. The van der Waals surface area contributed by atoms with Crippen LogP contribution in [0, 0.1) is 0 Å². The van der Waals surface area contributed by atoms with Gasteiger partial charge in [0.15, 0.2) is 6.23 Å². The summed E-state index contributed by atoms with van der Waals surface area (Å²) in [5.74, 6) is -0.0153. The van der Waals surface area contributed by atoms with Crippen LogP contribution in [0.3, 0.4) is 0 Å². The van der Waals surface area contributed by atoms with Crippen LogP contribution in [0.25, 0.3) is 0 Å². The molecule has 4 heteroatoms. The van der Waals surface area contributed by atoms with E-state index in [1.54, 1.807) is 4.90 Å². The Morgan fingerprint density at radius 2 is 1.81 bits per heavy atom. The van der Waals surface area contributed by atoms with Crippen LogP contribution in [-0.2, 0) is 9.47 Å². The number of carbonyl (C=O) groups excluding carboxylic acids is 1. The molecule has 21 heavy (non-hydrogen) atoms. The van der Waals surface area contributed by atoms with Gasteiger partial charge in [-0.1, -0.05) is 36.4 Å². The SMILES string of the molecule is O=C1c2ccccc2[C@@H](OC[C@H]2CO2)N1c1ccccc1. The van der Waals surface area contributed by atoms with Crippen LogP contribution in [0.1, 0.15) is 22.1 Å². The fourth-order valence-corrected chi connectivity index (χ4v) is 2.65. The summed E-state index contributed by atoms with van der Waals surface area (Å²) in [5.41, 5.74) is 2.48. The molecule has 0 N–H and O–H groups in total. The van der Waals surface area contributed by atoms with Crippen molar-refractivity contribution < 1.29 is 14.3 Å². The highest BCUT2D eigenvalue weighted by Gasteiger charge is 2.39. The molecular formula is C17H15NO3. The summed E-state index contributed by atoms with van der Waals surface area (Å²) in [4.78, 5) is 14.4. The smallest absolute Gasteiger partial charge is 0.261 e. The maximum absolute atomic E-state index is 12.7. The Bertz CT molecular complexity index is 667. The Balaban J connectivity index is 1.71. The molecule has 0 spiro atoms. The zero-order valence-corrected chi connectivity index (χ0v) is 11.4. The molecule has 106 valence electrons. The van der Waals surface area contributed by atoms with Gasteiger partial charge in [-0.2, -0.15) is 0 Å². The number of nitrogens with zero attached hydrogens (tertiary/aromatic N) is 1. The third-order valence-electron chi connectivity index (χ3n) is 3.79. The summed E-state index contributed by atoms with van der Waals surface area (Å²) < 4.78 is 11.2. The molecule has 2 aliphatic heterocycles. The van der Waals surface area contributed by atoms with Crippen molar-refractivity contribution in [3.8, 4) is 0 Å². The fourth-order valence-electron chi connectivity index (χ4n) is 2.65. The molecule has 0 unspecified atom stereocenters. The third kappa shape index (κ3) is 2.22. The van der Waals surface area contributed by atoms with Crippen molar-refractivity contribution >= 4 is 11.6 Å². The Morgan fingerprint density at radius 3 is 2.57 bits per heavy atom. The molecule has 1 fully saturated rings. The van der Waals surface area contributed by atoms with Crippen molar-refractivity contribution in [3.05, 3.63) is 65.7 Å². The lowest BCUT2D eigenvalue weighted by Crippen LogP contribution is -2.30. The molecule has 0 saturated carbocycles. The summed E-state index contributed by atoms with van der Waals surface area (Å²) in [6.07, 6.45) is -0.203. The van der Waals surface area contributed by atoms with Gasteiger partial charge < -0.3 is 9.47 Å². The Labute approximate surface area is 122 Å². The monoisotopic (exact) mass is 281 g/mol. The maximum Gasteiger partial charge on any atom is 0.261 e. The van der Waals surface area contributed by atoms with Crippen LogP contribution in [-0.4, -0.2) is 25.2 Å². The second-order valence-corrected chi connectivity index (χ2v) is 5.24. The topological polar surface area (TPSA) is 42.1 Å². The van der Waals surface area contributed by atoms with E-state index >= 15 is 0 Å². The van der Waals surface area contributed by atoms with E-state index < -0.39 is 0 Å². The first-order chi connectivity index (χ1) is 10.3. The first-order valence-electron chi connectivity index (χ1n) is 7.05. The molecule has 0 aliphatic carbocycles. The largest absolute Gasteiger partial charge is 0.371 e. The average molecular weight is 281 g/mol. The second kappa shape index (κ2) is 4.98. The Morgan fingerprint density at radius 1 is 1.10 bits per heavy atom. The van der Waals surface area contributed by atoms with E-state index in [0.717, 1.165) is 17.9 Å². The van der Waals surface area contributed by atoms with Gasteiger partial charge in [-0.3, -0.25) is 9.69 Å². The highest BCUT2D eigenvalue weighted by atomic mass is 16.6. The normalized spacial score (nSPS) is 23.2. The van der Waals surface area contributed by atoms with Crippen LogP contribution in [0.2, 0.25) is 0 Å². The van der Waals surface area contributed by atoms with E-state index in [2.05, 4.69) is 0 Å². The Kier molecular flexibility index (Phi) is 2.98. The van der Waals surface area contributed by atoms with Crippen molar-refractivity contribution in [2.45, 2.75) is 12.3 Å². The van der Waals surface area contributed by atoms with E-state index in [4.69, 9.17) is 9.47 Å². The lowest BCUT2D eigenvalue weighted by Gasteiger charge is -2.25. The van der Waals surface area contributed by atoms with E-state index in [1.165, 1.54) is 0 Å². The third-order valence-corrected chi connectivity index (χ3v) is 3.79. The number of hydrogen-bond acceptors (Lipinski definition) is 3. The van der Waals surface area contributed by atoms with Crippen molar-refractivity contribution in [2.24, 2.45) is 0 Å². The number of ether oxygens (including phenoxy) is 2. The van der Waals surface area contributed by atoms with Gasteiger partial charge in [-0.05, 0) is 18.2 Å². The molecule has 0 aromatic heterocycles. The number of para-hydroxylation sites is 1. The first-order valence-corrected chi connectivity index (χ1v) is 7.05. The van der Waals surface area contributed by atoms with E-state index in [1.807, 2.05) is 54.6 Å². The molecule has 1 amide bonds. The molecule has 2 aromatic carbocycles. The van der Waals surface area contributed by atoms with E-state index in [0.29, 0.717) is 12.2 Å². The molecule has 4 rings (SSSR count). The van der Waals surface area contributed by atoms with Gasteiger partial charge in [0.05, 0.1) is 13.2 Å². The summed E-state index contributed by atoms with van der Waals surface area (Å²) in [6.45, 7) is 1.25. The molecular weight excluding hydrogens is 266 g/mol. The molecule has 2 atom stereocenters. The van der Waals surface area contributed by atoms with Gasteiger partial charge >= 0.3 is 0 Å². The number of rotatable bonds is 4. The lowest BCUT2D eigenvalue weighted by atomic mass is 10.1. The first kappa shape index (κ1) is 12.6.